The van der Waals surface area contributed by atoms with Crippen molar-refractivity contribution < 1.29 is 9.13 Å². The summed E-state index contributed by atoms with van der Waals surface area (Å²) in [5, 5.41) is 0.164. The summed E-state index contributed by atoms with van der Waals surface area (Å²) in [5.74, 6) is 0.0962. The molecule has 1 aliphatic rings. The second kappa shape index (κ2) is 5.48. The molecule has 4 heteroatoms. The van der Waals surface area contributed by atoms with Crippen LogP contribution in [-0.4, -0.2) is 18.6 Å². The van der Waals surface area contributed by atoms with Crippen molar-refractivity contribution in [3.05, 3.63) is 34.1 Å². The summed E-state index contributed by atoms with van der Waals surface area (Å²) in [5.41, 5.74) is 1.09. The predicted molar refractivity (Wildman–Crippen MR) is 66.4 cm³/mol. The van der Waals surface area contributed by atoms with Gasteiger partial charge in [0.1, 0.15) is 5.82 Å². The maximum Gasteiger partial charge on any atom is 0.137 e. The van der Waals surface area contributed by atoms with Crippen molar-refractivity contribution in [2.24, 2.45) is 5.92 Å². The summed E-state index contributed by atoms with van der Waals surface area (Å²) in [4.78, 5) is 0. The fraction of sp³-hybridized carbons (Fsp3) is 0.500. The van der Waals surface area contributed by atoms with E-state index in [4.69, 9.17) is 16.3 Å². The summed E-state index contributed by atoms with van der Waals surface area (Å²) in [6.07, 6.45) is 1.74. The Bertz CT molecular complexity index is 372. The van der Waals surface area contributed by atoms with Crippen LogP contribution in [0.4, 0.5) is 4.39 Å². The fourth-order valence-corrected chi connectivity index (χ4v) is 2.60. The van der Waals surface area contributed by atoms with Gasteiger partial charge in [0.2, 0.25) is 0 Å². The molecule has 16 heavy (non-hydrogen) atoms. The van der Waals surface area contributed by atoms with Gasteiger partial charge in [-0.15, -0.1) is 11.6 Å². The van der Waals surface area contributed by atoms with Crippen LogP contribution in [0, 0.1) is 11.7 Å². The van der Waals surface area contributed by atoms with Crippen molar-refractivity contribution in [3.8, 4) is 0 Å². The van der Waals surface area contributed by atoms with Gasteiger partial charge in [0, 0.05) is 17.9 Å². The molecule has 0 radical (unpaired) electrons. The molecule has 1 nitrogen and oxygen atoms in total. The van der Waals surface area contributed by atoms with Crippen LogP contribution in [0.5, 0.6) is 0 Å². The van der Waals surface area contributed by atoms with E-state index in [9.17, 15) is 4.39 Å². The van der Waals surface area contributed by atoms with Gasteiger partial charge in [-0.2, -0.15) is 0 Å². The Kier molecular flexibility index (Phi) is 4.22. The largest absolute Gasteiger partial charge is 0.381 e. The lowest BCUT2D eigenvalue weighted by atomic mass is 9.94. The third kappa shape index (κ3) is 2.96. The Balaban J connectivity index is 2.05. The minimum atomic E-state index is -0.230. The van der Waals surface area contributed by atoms with Crippen LogP contribution in [0.1, 0.15) is 12.0 Å². The molecule has 0 saturated carbocycles. The highest BCUT2D eigenvalue weighted by molar-refractivity contribution is 9.10. The third-order valence-corrected chi connectivity index (χ3v) is 4.05. The van der Waals surface area contributed by atoms with Gasteiger partial charge in [-0.1, -0.05) is 6.07 Å². The molecule has 0 spiro atoms. The molecule has 2 atom stereocenters. The number of ether oxygens (including phenoxy) is 1. The smallest absolute Gasteiger partial charge is 0.137 e. The quantitative estimate of drug-likeness (QED) is 0.756. The average molecular weight is 308 g/mol. The highest BCUT2D eigenvalue weighted by Crippen LogP contribution is 2.26. The maximum atomic E-state index is 13.1. The van der Waals surface area contributed by atoms with Gasteiger partial charge in [-0.05, 0) is 46.5 Å². The first-order valence-corrected chi connectivity index (χ1v) is 6.55. The molecule has 1 aromatic carbocycles. The van der Waals surface area contributed by atoms with Gasteiger partial charge in [0.05, 0.1) is 11.1 Å². The zero-order valence-electron chi connectivity index (χ0n) is 8.76. The van der Waals surface area contributed by atoms with Crippen LogP contribution in [-0.2, 0) is 11.2 Å². The molecule has 1 aromatic rings. The first-order chi connectivity index (χ1) is 7.66. The van der Waals surface area contributed by atoms with Gasteiger partial charge in [0.25, 0.3) is 0 Å². The van der Waals surface area contributed by atoms with Gasteiger partial charge in [0.15, 0.2) is 0 Å². The third-order valence-electron chi connectivity index (χ3n) is 2.86. The van der Waals surface area contributed by atoms with Crippen LogP contribution in [0.25, 0.3) is 0 Å². The van der Waals surface area contributed by atoms with Crippen LogP contribution in [0.2, 0.25) is 0 Å². The molecule has 0 bridgehead atoms. The van der Waals surface area contributed by atoms with Crippen molar-refractivity contribution in [1.82, 2.24) is 0 Å². The standard InChI is InChI=1S/C12H13BrClFO/c13-10-6-8(1-2-12(10)15)5-9-7-16-4-3-11(9)14/h1-2,6,9,11H,3-5,7H2. The molecule has 0 aromatic heterocycles. The van der Waals surface area contributed by atoms with E-state index in [1.165, 1.54) is 6.07 Å². The monoisotopic (exact) mass is 306 g/mol. The van der Waals surface area contributed by atoms with E-state index in [2.05, 4.69) is 15.9 Å². The first-order valence-electron chi connectivity index (χ1n) is 5.32. The lowest BCUT2D eigenvalue weighted by molar-refractivity contribution is 0.0578. The summed E-state index contributed by atoms with van der Waals surface area (Å²) < 4.78 is 19.0. The fourth-order valence-electron chi connectivity index (χ4n) is 1.93. The van der Waals surface area contributed by atoms with Crippen LogP contribution in [0.15, 0.2) is 22.7 Å². The highest BCUT2D eigenvalue weighted by Gasteiger charge is 2.24. The Morgan fingerprint density at radius 2 is 2.31 bits per heavy atom. The van der Waals surface area contributed by atoms with E-state index in [1.807, 2.05) is 6.07 Å². The molecule has 0 N–H and O–H groups in total. The Labute approximate surface area is 108 Å². The number of hydrogen-bond donors (Lipinski definition) is 0. The molecular weight excluding hydrogens is 294 g/mol. The molecule has 2 rings (SSSR count). The number of benzene rings is 1. The van der Waals surface area contributed by atoms with Crippen LogP contribution >= 0.6 is 27.5 Å². The Morgan fingerprint density at radius 1 is 1.50 bits per heavy atom. The lowest BCUT2D eigenvalue weighted by Crippen LogP contribution is -2.29. The van der Waals surface area contributed by atoms with E-state index in [1.54, 1.807) is 6.07 Å². The zero-order valence-corrected chi connectivity index (χ0v) is 11.1. The van der Waals surface area contributed by atoms with E-state index in [0.717, 1.165) is 25.0 Å². The summed E-state index contributed by atoms with van der Waals surface area (Å²) >= 11 is 9.42. The second-order valence-electron chi connectivity index (χ2n) is 4.09. The lowest BCUT2D eigenvalue weighted by Gasteiger charge is -2.27. The SMILES string of the molecule is Fc1ccc(CC2COCCC2Cl)cc1Br. The molecule has 1 heterocycles. The van der Waals surface area contributed by atoms with Gasteiger partial charge >= 0.3 is 0 Å². The van der Waals surface area contributed by atoms with Crippen molar-refractivity contribution >= 4 is 27.5 Å². The Hall–Kier alpha value is -0.120. The molecule has 1 aliphatic heterocycles. The van der Waals surface area contributed by atoms with Crippen molar-refractivity contribution in [2.45, 2.75) is 18.2 Å². The topological polar surface area (TPSA) is 9.23 Å². The summed E-state index contributed by atoms with van der Waals surface area (Å²) in [7, 11) is 0. The molecule has 88 valence electrons. The molecule has 2 unspecified atom stereocenters. The van der Waals surface area contributed by atoms with Crippen molar-refractivity contribution in [2.75, 3.05) is 13.2 Å². The van der Waals surface area contributed by atoms with Crippen molar-refractivity contribution in [1.29, 1.82) is 0 Å². The maximum absolute atomic E-state index is 13.1. The van der Waals surface area contributed by atoms with Gasteiger partial charge in [-0.3, -0.25) is 0 Å². The van der Waals surface area contributed by atoms with Gasteiger partial charge in [-0.25, -0.2) is 4.39 Å². The number of halogens is 3. The van der Waals surface area contributed by atoms with E-state index in [0.29, 0.717) is 17.0 Å². The minimum Gasteiger partial charge on any atom is -0.381 e. The van der Waals surface area contributed by atoms with Gasteiger partial charge < -0.3 is 4.74 Å². The second-order valence-corrected chi connectivity index (χ2v) is 5.51. The summed E-state index contributed by atoms with van der Waals surface area (Å²) in [6, 6.07) is 5.10. The molecule has 1 fully saturated rings. The van der Waals surface area contributed by atoms with E-state index >= 15 is 0 Å². The first kappa shape index (κ1) is 12.3. The number of alkyl halides is 1. The van der Waals surface area contributed by atoms with E-state index in [-0.39, 0.29) is 11.2 Å². The normalized spacial score (nSPS) is 25.7. The molecular formula is C12H13BrClFO. The Morgan fingerprint density at radius 3 is 3.00 bits per heavy atom. The molecule has 1 saturated heterocycles. The zero-order chi connectivity index (χ0) is 11.5. The minimum absolute atomic E-state index is 0.164. The molecule has 0 aliphatic carbocycles. The van der Waals surface area contributed by atoms with Crippen LogP contribution in [0.3, 0.4) is 0 Å². The predicted octanol–water partition coefficient (Wildman–Crippen LogP) is 3.77. The highest BCUT2D eigenvalue weighted by atomic mass is 79.9. The van der Waals surface area contributed by atoms with Crippen molar-refractivity contribution in [3.63, 3.8) is 0 Å². The summed E-state index contributed by atoms with van der Waals surface area (Å²) in [6.45, 7) is 1.45. The van der Waals surface area contributed by atoms with Crippen LogP contribution < -0.4 is 0 Å². The van der Waals surface area contributed by atoms with E-state index < -0.39 is 0 Å². The average Bonchev–Trinajstić information content (AvgIpc) is 2.27. The number of hydrogen-bond acceptors (Lipinski definition) is 1. The number of rotatable bonds is 2. The molecule has 0 amide bonds.